The number of benzene rings is 1. The van der Waals surface area contributed by atoms with Gasteiger partial charge in [0.2, 0.25) is 0 Å². The fourth-order valence-electron chi connectivity index (χ4n) is 1.27. The number of aromatic nitrogens is 1. The molecule has 0 unspecified atom stereocenters. The van der Waals surface area contributed by atoms with E-state index in [9.17, 15) is 0 Å². The largest absolute Gasteiger partial charge is 0.390 e. The monoisotopic (exact) mass is 220 g/mol. The molecule has 0 radical (unpaired) electrons. The van der Waals surface area contributed by atoms with Gasteiger partial charge in [-0.2, -0.15) is 0 Å². The van der Waals surface area contributed by atoms with Crippen LogP contribution in [0.3, 0.4) is 0 Å². The normalized spacial score (nSPS) is 10.3. The first-order valence-electron chi connectivity index (χ1n) is 4.67. The number of hydrogen-bond donors (Lipinski definition) is 2. The Morgan fingerprint density at radius 2 is 2.20 bits per heavy atom. The van der Waals surface area contributed by atoms with Gasteiger partial charge in [-0.15, -0.1) is 11.3 Å². The minimum atomic E-state index is -0.00798. The second-order valence-corrected chi connectivity index (χ2v) is 4.10. The third-order valence-corrected chi connectivity index (χ3v) is 2.91. The molecule has 3 nitrogen and oxygen atoms in total. The molecule has 2 N–H and O–H groups in total. The Bertz CT molecular complexity index is 453. The molecule has 0 bridgehead atoms. The second-order valence-electron chi connectivity index (χ2n) is 3.24. The lowest BCUT2D eigenvalue weighted by atomic mass is 10.2. The van der Waals surface area contributed by atoms with Gasteiger partial charge in [-0.25, -0.2) is 4.98 Å². The molecular weight excluding hydrogens is 208 g/mol. The van der Waals surface area contributed by atoms with Gasteiger partial charge in [0.05, 0.1) is 12.3 Å². The van der Waals surface area contributed by atoms with Crippen LogP contribution in [0.5, 0.6) is 0 Å². The number of para-hydroxylation sites is 1. The predicted molar refractivity (Wildman–Crippen MR) is 62.5 cm³/mol. The highest BCUT2D eigenvalue weighted by Gasteiger charge is 2.02. The van der Waals surface area contributed by atoms with E-state index in [1.807, 2.05) is 36.6 Å². The van der Waals surface area contributed by atoms with E-state index in [1.165, 1.54) is 16.9 Å². The zero-order valence-corrected chi connectivity index (χ0v) is 9.21. The van der Waals surface area contributed by atoms with Crippen LogP contribution in [0.15, 0.2) is 29.6 Å². The van der Waals surface area contributed by atoms with Crippen LogP contribution in [-0.4, -0.2) is 10.1 Å². The van der Waals surface area contributed by atoms with Crippen molar-refractivity contribution >= 4 is 22.2 Å². The molecule has 0 saturated carbocycles. The standard InChI is InChI=1S/C11H12N2OS/c1-8-4-2-3-5-10(8)13-11-12-9(6-14)7-15-11/h2-5,7,14H,6H2,1H3,(H,12,13). The van der Waals surface area contributed by atoms with E-state index in [2.05, 4.69) is 10.3 Å². The van der Waals surface area contributed by atoms with Gasteiger partial charge in [0.25, 0.3) is 0 Å². The molecular formula is C11H12N2OS. The van der Waals surface area contributed by atoms with Crippen LogP contribution in [0.2, 0.25) is 0 Å². The number of nitrogens with one attached hydrogen (secondary N) is 1. The Labute approximate surface area is 92.4 Å². The number of nitrogens with zero attached hydrogens (tertiary/aromatic N) is 1. The van der Waals surface area contributed by atoms with Gasteiger partial charge < -0.3 is 10.4 Å². The Morgan fingerprint density at radius 1 is 1.40 bits per heavy atom. The number of aliphatic hydroxyl groups is 1. The van der Waals surface area contributed by atoms with Crippen molar-refractivity contribution in [1.82, 2.24) is 4.98 Å². The summed E-state index contributed by atoms with van der Waals surface area (Å²) in [4.78, 5) is 4.22. The molecule has 0 amide bonds. The van der Waals surface area contributed by atoms with E-state index in [1.54, 1.807) is 0 Å². The molecule has 0 saturated heterocycles. The number of aliphatic hydroxyl groups excluding tert-OH is 1. The average Bonchev–Trinajstić information content (AvgIpc) is 2.69. The second kappa shape index (κ2) is 4.42. The van der Waals surface area contributed by atoms with Crippen LogP contribution in [-0.2, 0) is 6.61 Å². The summed E-state index contributed by atoms with van der Waals surface area (Å²) < 4.78 is 0. The van der Waals surface area contributed by atoms with Gasteiger partial charge in [-0.3, -0.25) is 0 Å². The van der Waals surface area contributed by atoms with Crippen molar-refractivity contribution in [2.24, 2.45) is 0 Å². The van der Waals surface area contributed by atoms with E-state index in [-0.39, 0.29) is 6.61 Å². The zero-order valence-electron chi connectivity index (χ0n) is 8.40. The fourth-order valence-corrected chi connectivity index (χ4v) is 1.98. The number of hydrogen-bond acceptors (Lipinski definition) is 4. The summed E-state index contributed by atoms with van der Waals surface area (Å²) in [5, 5.41) is 14.8. The van der Waals surface area contributed by atoms with Crippen molar-refractivity contribution in [1.29, 1.82) is 0 Å². The molecule has 1 aromatic carbocycles. The first-order valence-corrected chi connectivity index (χ1v) is 5.55. The summed E-state index contributed by atoms with van der Waals surface area (Å²) in [6.07, 6.45) is 0. The van der Waals surface area contributed by atoms with E-state index < -0.39 is 0 Å². The van der Waals surface area contributed by atoms with Crippen molar-refractivity contribution in [3.8, 4) is 0 Å². The number of rotatable bonds is 3. The predicted octanol–water partition coefficient (Wildman–Crippen LogP) is 2.69. The first-order chi connectivity index (χ1) is 7.29. The van der Waals surface area contributed by atoms with Crippen molar-refractivity contribution in [2.75, 3.05) is 5.32 Å². The minimum Gasteiger partial charge on any atom is -0.390 e. The van der Waals surface area contributed by atoms with Crippen LogP contribution < -0.4 is 5.32 Å². The Kier molecular flexibility index (Phi) is 2.99. The molecule has 0 spiro atoms. The third-order valence-electron chi connectivity index (χ3n) is 2.10. The van der Waals surface area contributed by atoms with E-state index in [0.717, 1.165) is 10.8 Å². The van der Waals surface area contributed by atoms with Gasteiger partial charge >= 0.3 is 0 Å². The van der Waals surface area contributed by atoms with E-state index in [4.69, 9.17) is 5.11 Å². The molecule has 0 aliphatic heterocycles. The lowest BCUT2D eigenvalue weighted by molar-refractivity contribution is 0.278. The summed E-state index contributed by atoms with van der Waals surface area (Å²) >= 11 is 1.50. The quantitative estimate of drug-likeness (QED) is 0.836. The van der Waals surface area contributed by atoms with Crippen LogP contribution in [0, 0.1) is 6.92 Å². The molecule has 0 atom stereocenters. The maximum absolute atomic E-state index is 8.89. The Hall–Kier alpha value is -1.39. The highest BCUT2D eigenvalue weighted by atomic mass is 32.1. The molecule has 4 heteroatoms. The molecule has 78 valence electrons. The lowest BCUT2D eigenvalue weighted by Gasteiger charge is -2.05. The number of anilines is 2. The van der Waals surface area contributed by atoms with E-state index in [0.29, 0.717) is 5.69 Å². The fraction of sp³-hybridized carbons (Fsp3) is 0.182. The van der Waals surface area contributed by atoms with Crippen molar-refractivity contribution in [2.45, 2.75) is 13.5 Å². The molecule has 0 fully saturated rings. The van der Waals surface area contributed by atoms with Crippen LogP contribution in [0.4, 0.5) is 10.8 Å². The third kappa shape index (κ3) is 2.34. The van der Waals surface area contributed by atoms with Gasteiger partial charge in [-0.05, 0) is 18.6 Å². The molecule has 1 heterocycles. The maximum Gasteiger partial charge on any atom is 0.187 e. The maximum atomic E-state index is 8.89. The van der Waals surface area contributed by atoms with E-state index >= 15 is 0 Å². The number of thiazole rings is 1. The van der Waals surface area contributed by atoms with Gasteiger partial charge in [-0.1, -0.05) is 18.2 Å². The van der Waals surface area contributed by atoms with Crippen molar-refractivity contribution < 1.29 is 5.11 Å². The van der Waals surface area contributed by atoms with Crippen molar-refractivity contribution in [3.05, 3.63) is 40.9 Å². The highest BCUT2D eigenvalue weighted by Crippen LogP contribution is 2.23. The lowest BCUT2D eigenvalue weighted by Crippen LogP contribution is -1.92. The summed E-state index contributed by atoms with van der Waals surface area (Å²) in [6.45, 7) is 2.04. The zero-order chi connectivity index (χ0) is 10.7. The molecule has 2 aromatic rings. The first kappa shape index (κ1) is 10.1. The molecule has 0 aliphatic rings. The van der Waals surface area contributed by atoms with Crippen LogP contribution in [0.1, 0.15) is 11.3 Å². The average molecular weight is 220 g/mol. The summed E-state index contributed by atoms with van der Waals surface area (Å²) in [5.74, 6) is 0. The number of aryl methyl sites for hydroxylation is 1. The van der Waals surface area contributed by atoms with Gasteiger partial charge in [0, 0.05) is 11.1 Å². The van der Waals surface area contributed by atoms with Crippen molar-refractivity contribution in [3.63, 3.8) is 0 Å². The van der Waals surface area contributed by atoms with Gasteiger partial charge in [0.15, 0.2) is 5.13 Å². The minimum absolute atomic E-state index is 0.00798. The summed E-state index contributed by atoms with van der Waals surface area (Å²) in [5.41, 5.74) is 2.94. The molecule has 0 aliphatic carbocycles. The highest BCUT2D eigenvalue weighted by molar-refractivity contribution is 7.13. The van der Waals surface area contributed by atoms with Crippen LogP contribution >= 0.6 is 11.3 Å². The summed E-state index contributed by atoms with van der Waals surface area (Å²) in [7, 11) is 0. The topological polar surface area (TPSA) is 45.2 Å². The van der Waals surface area contributed by atoms with Gasteiger partial charge in [0.1, 0.15) is 0 Å². The molecule has 2 rings (SSSR count). The molecule has 1 aromatic heterocycles. The smallest absolute Gasteiger partial charge is 0.187 e. The summed E-state index contributed by atoms with van der Waals surface area (Å²) in [6, 6.07) is 8.04. The Balaban J connectivity index is 2.18. The SMILES string of the molecule is Cc1ccccc1Nc1nc(CO)cs1. The Morgan fingerprint density at radius 3 is 2.87 bits per heavy atom. The van der Waals surface area contributed by atoms with Crippen LogP contribution in [0.25, 0.3) is 0 Å². The molecule has 15 heavy (non-hydrogen) atoms.